The zero-order chi connectivity index (χ0) is 11.8. The van der Waals surface area contributed by atoms with E-state index in [1.165, 1.54) is 5.56 Å². The maximum Gasteiger partial charge on any atom is 0.178 e. The van der Waals surface area contributed by atoms with Crippen molar-refractivity contribution >= 4 is 34.6 Å². The molecule has 1 N–H and O–H groups in total. The summed E-state index contributed by atoms with van der Waals surface area (Å²) in [5.74, 6) is 0. The minimum Gasteiger partial charge on any atom is -0.331 e. The lowest BCUT2D eigenvalue weighted by atomic mass is 10.2. The van der Waals surface area contributed by atoms with Crippen molar-refractivity contribution < 1.29 is 0 Å². The number of nitrogens with one attached hydrogen (secondary N) is 1. The zero-order valence-corrected chi connectivity index (χ0v) is 10.9. The van der Waals surface area contributed by atoms with Gasteiger partial charge in [-0.25, -0.2) is 4.98 Å². The van der Waals surface area contributed by atoms with Gasteiger partial charge in [0.1, 0.15) is 0 Å². The molecule has 0 saturated carbocycles. The first-order chi connectivity index (χ1) is 8.24. The number of rotatable bonds is 2. The number of thiazole rings is 1. The van der Waals surface area contributed by atoms with Gasteiger partial charge in [-0.1, -0.05) is 6.07 Å². The summed E-state index contributed by atoms with van der Waals surface area (Å²) in [6, 6.07) is 6.30. The molecule has 3 nitrogen and oxygen atoms in total. The first-order valence-corrected chi connectivity index (χ1v) is 6.65. The predicted octanol–water partition coefficient (Wildman–Crippen LogP) is 3.51. The first-order valence-electron chi connectivity index (χ1n) is 5.30. The van der Waals surface area contributed by atoms with E-state index in [1.54, 1.807) is 11.3 Å². The van der Waals surface area contributed by atoms with Gasteiger partial charge in [-0.3, -0.25) is 0 Å². The topological polar surface area (TPSA) is 33.6 Å². The molecule has 0 atom stereocenters. The van der Waals surface area contributed by atoms with Gasteiger partial charge in [0, 0.05) is 5.38 Å². The van der Waals surface area contributed by atoms with E-state index in [2.05, 4.69) is 45.0 Å². The van der Waals surface area contributed by atoms with E-state index < -0.39 is 0 Å². The summed E-state index contributed by atoms with van der Waals surface area (Å²) in [4.78, 5) is 7.52. The highest BCUT2D eigenvalue weighted by atomic mass is 32.1. The van der Waals surface area contributed by atoms with Gasteiger partial charge < -0.3 is 9.55 Å². The van der Waals surface area contributed by atoms with Crippen molar-refractivity contribution in [3.8, 4) is 0 Å². The van der Waals surface area contributed by atoms with Crippen molar-refractivity contribution in [1.29, 1.82) is 0 Å². The summed E-state index contributed by atoms with van der Waals surface area (Å²) in [5.41, 5.74) is 6.35. The second-order valence-corrected chi connectivity index (χ2v) is 5.12. The molecule has 0 aliphatic carbocycles. The second kappa shape index (κ2) is 4.09. The Morgan fingerprint density at radius 1 is 1.47 bits per heavy atom. The van der Waals surface area contributed by atoms with Gasteiger partial charge in [0.05, 0.1) is 28.8 Å². The van der Waals surface area contributed by atoms with E-state index in [4.69, 9.17) is 12.2 Å². The fourth-order valence-electron chi connectivity index (χ4n) is 1.90. The van der Waals surface area contributed by atoms with Crippen LogP contribution >= 0.6 is 23.6 Å². The van der Waals surface area contributed by atoms with Gasteiger partial charge in [0.2, 0.25) is 0 Å². The number of benzene rings is 1. The largest absolute Gasteiger partial charge is 0.331 e. The van der Waals surface area contributed by atoms with Crippen LogP contribution in [0.5, 0.6) is 0 Å². The van der Waals surface area contributed by atoms with Crippen LogP contribution in [0.4, 0.5) is 0 Å². The Morgan fingerprint density at radius 2 is 2.35 bits per heavy atom. The normalized spacial score (nSPS) is 11.1. The number of nitrogens with zero attached hydrogens (tertiary/aromatic N) is 2. The van der Waals surface area contributed by atoms with E-state index >= 15 is 0 Å². The molecule has 86 valence electrons. The van der Waals surface area contributed by atoms with E-state index in [-0.39, 0.29) is 0 Å². The third-order valence-electron chi connectivity index (χ3n) is 2.73. The molecule has 0 spiro atoms. The van der Waals surface area contributed by atoms with Crippen molar-refractivity contribution in [2.45, 2.75) is 13.5 Å². The minimum atomic E-state index is 0.728. The van der Waals surface area contributed by atoms with Crippen molar-refractivity contribution in [2.75, 3.05) is 0 Å². The SMILES string of the molecule is Cc1ccc2[nH]c(=S)n(Cc3cscn3)c2c1. The van der Waals surface area contributed by atoms with E-state index in [0.29, 0.717) is 0 Å². The summed E-state index contributed by atoms with van der Waals surface area (Å²) in [5, 5.41) is 2.05. The van der Waals surface area contributed by atoms with Gasteiger partial charge in [0.15, 0.2) is 4.77 Å². The number of aromatic nitrogens is 3. The maximum absolute atomic E-state index is 5.35. The number of fused-ring (bicyclic) bond motifs is 1. The summed E-state index contributed by atoms with van der Waals surface area (Å²) < 4.78 is 2.84. The number of hydrogen-bond donors (Lipinski definition) is 1. The molecular weight excluding hydrogens is 250 g/mol. The average Bonchev–Trinajstić information content (AvgIpc) is 2.90. The Kier molecular flexibility index (Phi) is 2.57. The highest BCUT2D eigenvalue weighted by Crippen LogP contribution is 2.17. The Labute approximate surface area is 108 Å². The molecule has 3 rings (SSSR count). The monoisotopic (exact) mass is 261 g/mol. The lowest BCUT2D eigenvalue weighted by Gasteiger charge is -2.02. The second-order valence-electron chi connectivity index (χ2n) is 4.02. The van der Waals surface area contributed by atoms with Crippen molar-refractivity contribution in [3.05, 3.63) is 45.1 Å². The number of imidazole rings is 1. The van der Waals surface area contributed by atoms with Gasteiger partial charge in [-0.05, 0) is 36.8 Å². The van der Waals surface area contributed by atoms with Crippen LogP contribution in [0.1, 0.15) is 11.3 Å². The molecule has 3 aromatic rings. The predicted molar refractivity (Wildman–Crippen MR) is 73.1 cm³/mol. The van der Waals surface area contributed by atoms with Crippen LogP contribution in [-0.4, -0.2) is 14.5 Å². The van der Waals surface area contributed by atoms with Gasteiger partial charge in [0.25, 0.3) is 0 Å². The van der Waals surface area contributed by atoms with Gasteiger partial charge in [-0.15, -0.1) is 11.3 Å². The summed E-state index contributed by atoms with van der Waals surface area (Å²) in [7, 11) is 0. The standard InChI is InChI=1S/C12H11N3S2/c1-8-2-3-10-11(4-8)15(12(16)14-10)5-9-6-17-7-13-9/h2-4,6-7H,5H2,1H3,(H,14,16). The van der Waals surface area contributed by atoms with Crippen LogP contribution in [0.2, 0.25) is 0 Å². The molecule has 0 aliphatic rings. The van der Waals surface area contributed by atoms with Crippen LogP contribution in [0.15, 0.2) is 29.1 Å². The quantitative estimate of drug-likeness (QED) is 0.716. The molecule has 0 unspecified atom stereocenters. The summed E-state index contributed by atoms with van der Waals surface area (Å²) >= 11 is 6.96. The average molecular weight is 261 g/mol. The smallest absolute Gasteiger partial charge is 0.178 e. The molecule has 0 aliphatic heterocycles. The molecule has 0 radical (unpaired) electrons. The Balaban J connectivity index is 2.17. The Hall–Kier alpha value is -1.46. The fourth-order valence-corrected chi connectivity index (χ4v) is 2.72. The number of H-pyrrole nitrogens is 1. The molecule has 0 saturated heterocycles. The van der Waals surface area contributed by atoms with Crippen molar-refractivity contribution in [2.24, 2.45) is 0 Å². The molecule has 2 heterocycles. The molecule has 17 heavy (non-hydrogen) atoms. The molecule has 5 heteroatoms. The van der Waals surface area contributed by atoms with E-state index in [1.807, 2.05) is 5.51 Å². The number of aromatic amines is 1. The number of aryl methyl sites for hydroxylation is 1. The Morgan fingerprint density at radius 3 is 3.12 bits per heavy atom. The van der Waals surface area contributed by atoms with Crippen LogP contribution in [0, 0.1) is 11.7 Å². The van der Waals surface area contributed by atoms with Crippen molar-refractivity contribution in [3.63, 3.8) is 0 Å². The highest BCUT2D eigenvalue weighted by Gasteiger charge is 2.06. The third-order valence-corrected chi connectivity index (χ3v) is 3.69. The van der Waals surface area contributed by atoms with Crippen LogP contribution in [0.25, 0.3) is 11.0 Å². The first kappa shape index (κ1) is 10.7. The van der Waals surface area contributed by atoms with Gasteiger partial charge >= 0.3 is 0 Å². The van der Waals surface area contributed by atoms with E-state index in [0.717, 1.165) is 28.0 Å². The third kappa shape index (κ3) is 1.92. The van der Waals surface area contributed by atoms with E-state index in [9.17, 15) is 0 Å². The maximum atomic E-state index is 5.35. The summed E-state index contributed by atoms with van der Waals surface area (Å²) in [6.07, 6.45) is 0. The zero-order valence-electron chi connectivity index (χ0n) is 9.30. The highest BCUT2D eigenvalue weighted by molar-refractivity contribution is 7.71. The molecule has 2 aromatic heterocycles. The van der Waals surface area contributed by atoms with Crippen LogP contribution in [-0.2, 0) is 6.54 Å². The molecular formula is C12H11N3S2. The van der Waals surface area contributed by atoms with Crippen LogP contribution < -0.4 is 0 Å². The minimum absolute atomic E-state index is 0.728. The summed E-state index contributed by atoms with van der Waals surface area (Å²) in [6.45, 7) is 2.81. The van der Waals surface area contributed by atoms with Gasteiger partial charge in [-0.2, -0.15) is 0 Å². The van der Waals surface area contributed by atoms with Crippen LogP contribution in [0.3, 0.4) is 0 Å². The molecule has 0 fully saturated rings. The molecule has 0 bridgehead atoms. The molecule has 0 amide bonds. The Bertz CT molecular complexity index is 707. The lowest BCUT2D eigenvalue weighted by molar-refractivity contribution is 0.791. The molecule has 1 aromatic carbocycles. The lowest BCUT2D eigenvalue weighted by Crippen LogP contribution is -1.99. The van der Waals surface area contributed by atoms with Crippen molar-refractivity contribution in [1.82, 2.24) is 14.5 Å². The number of hydrogen-bond acceptors (Lipinski definition) is 3. The fraction of sp³-hybridized carbons (Fsp3) is 0.167.